The summed E-state index contributed by atoms with van der Waals surface area (Å²) in [6, 6.07) is 7.21. The molecule has 1 fully saturated rings. The molecule has 1 aromatic carbocycles. The molecule has 21 heavy (non-hydrogen) atoms. The molecule has 0 aromatic heterocycles. The van der Waals surface area contributed by atoms with Gasteiger partial charge < -0.3 is 0 Å². The van der Waals surface area contributed by atoms with Gasteiger partial charge in [0.25, 0.3) is 0 Å². The molecule has 0 unspecified atom stereocenters. The van der Waals surface area contributed by atoms with E-state index in [-0.39, 0.29) is 0 Å². The van der Waals surface area contributed by atoms with Gasteiger partial charge in [-0.05, 0) is 49.3 Å². The molecule has 0 spiro atoms. The van der Waals surface area contributed by atoms with Crippen LogP contribution in [0, 0.1) is 5.92 Å². The van der Waals surface area contributed by atoms with Crippen molar-refractivity contribution in [1.29, 1.82) is 0 Å². The summed E-state index contributed by atoms with van der Waals surface area (Å²) in [6.45, 7) is 0.635. The number of sulfonamides is 1. The van der Waals surface area contributed by atoms with Crippen LogP contribution in [0.25, 0.3) is 0 Å². The van der Waals surface area contributed by atoms with Crippen molar-refractivity contribution in [2.45, 2.75) is 43.4 Å². The molecular formula is C16H24ClNO2S. The Morgan fingerprint density at radius 3 is 2.38 bits per heavy atom. The largest absolute Gasteiger partial charge is 0.242 e. The summed E-state index contributed by atoms with van der Waals surface area (Å²) in [6.07, 6.45) is 6.56. The molecule has 0 aliphatic heterocycles. The van der Waals surface area contributed by atoms with Crippen LogP contribution in [0.5, 0.6) is 0 Å². The van der Waals surface area contributed by atoms with E-state index in [4.69, 9.17) is 11.6 Å². The Labute approximate surface area is 133 Å². The molecule has 0 heterocycles. The fourth-order valence-corrected chi connectivity index (χ4v) is 4.31. The van der Waals surface area contributed by atoms with Gasteiger partial charge in [-0.3, -0.25) is 0 Å². The van der Waals surface area contributed by atoms with Crippen molar-refractivity contribution in [1.82, 2.24) is 4.31 Å². The molecule has 2 rings (SSSR count). The van der Waals surface area contributed by atoms with Gasteiger partial charge in [0.1, 0.15) is 0 Å². The fraction of sp³-hybridized carbons (Fsp3) is 0.625. The van der Waals surface area contributed by atoms with Crippen LogP contribution in [0.3, 0.4) is 0 Å². The normalized spacial score (nSPS) is 16.7. The molecule has 3 nitrogen and oxygen atoms in total. The van der Waals surface area contributed by atoms with E-state index in [1.54, 1.807) is 19.2 Å². The number of hydrogen-bond acceptors (Lipinski definition) is 2. The molecule has 0 N–H and O–H groups in total. The van der Waals surface area contributed by atoms with Crippen LogP contribution in [0.4, 0.5) is 0 Å². The number of nitrogens with zero attached hydrogens (tertiary/aromatic N) is 1. The number of alkyl halides is 1. The maximum atomic E-state index is 12.6. The summed E-state index contributed by atoms with van der Waals surface area (Å²) in [5.74, 6) is 1.15. The molecule has 1 aliphatic carbocycles. The summed E-state index contributed by atoms with van der Waals surface area (Å²) in [5, 5.41) is 0. The summed E-state index contributed by atoms with van der Waals surface area (Å²) < 4.78 is 26.6. The van der Waals surface area contributed by atoms with Gasteiger partial charge in [-0.15, -0.1) is 11.6 Å². The molecule has 1 saturated carbocycles. The van der Waals surface area contributed by atoms with Crippen molar-refractivity contribution >= 4 is 21.6 Å². The average molecular weight is 330 g/mol. The average Bonchev–Trinajstić information content (AvgIpc) is 2.98. The Bertz CT molecular complexity index is 536. The van der Waals surface area contributed by atoms with E-state index in [1.807, 2.05) is 12.1 Å². The highest BCUT2D eigenvalue weighted by atomic mass is 35.5. The standard InChI is InChI=1S/C16H24ClNO2S/c1-18(13-15-5-2-3-6-15)21(19,20)16-10-8-14(9-11-16)7-4-12-17/h8-11,15H,2-7,12-13H2,1H3. The van der Waals surface area contributed by atoms with E-state index in [0.717, 1.165) is 31.2 Å². The lowest BCUT2D eigenvalue weighted by Crippen LogP contribution is -2.31. The minimum atomic E-state index is -3.36. The number of hydrogen-bond donors (Lipinski definition) is 0. The van der Waals surface area contributed by atoms with E-state index in [2.05, 4.69) is 0 Å². The predicted octanol–water partition coefficient (Wildman–Crippen LogP) is 3.67. The molecule has 0 bridgehead atoms. The van der Waals surface area contributed by atoms with E-state index in [1.165, 1.54) is 17.1 Å². The first-order valence-corrected chi connectivity index (χ1v) is 9.62. The quantitative estimate of drug-likeness (QED) is 0.716. The number of aryl methyl sites for hydroxylation is 1. The lowest BCUT2D eigenvalue weighted by molar-refractivity contribution is 0.387. The third kappa shape index (κ3) is 4.44. The number of halogens is 1. The fourth-order valence-electron chi connectivity index (χ4n) is 2.93. The minimum absolute atomic E-state index is 0.387. The molecule has 118 valence electrons. The van der Waals surface area contributed by atoms with Crippen LogP contribution in [0.15, 0.2) is 29.2 Å². The molecule has 0 radical (unpaired) electrons. The van der Waals surface area contributed by atoms with Crippen LogP contribution in [-0.4, -0.2) is 32.2 Å². The third-order valence-electron chi connectivity index (χ3n) is 4.22. The second-order valence-corrected chi connectivity index (χ2v) is 8.30. The lowest BCUT2D eigenvalue weighted by atomic mass is 10.1. The Morgan fingerprint density at radius 2 is 1.81 bits per heavy atom. The van der Waals surface area contributed by atoms with E-state index >= 15 is 0 Å². The molecule has 0 saturated heterocycles. The van der Waals surface area contributed by atoms with Gasteiger partial charge in [-0.1, -0.05) is 25.0 Å². The first kappa shape index (κ1) is 16.8. The monoisotopic (exact) mass is 329 g/mol. The first-order chi connectivity index (χ1) is 10.0. The molecule has 0 atom stereocenters. The van der Waals surface area contributed by atoms with Gasteiger partial charge in [-0.2, -0.15) is 0 Å². The topological polar surface area (TPSA) is 37.4 Å². The van der Waals surface area contributed by atoms with E-state index in [9.17, 15) is 8.42 Å². The van der Waals surface area contributed by atoms with E-state index < -0.39 is 10.0 Å². The third-order valence-corrected chi connectivity index (χ3v) is 6.33. The summed E-state index contributed by atoms with van der Waals surface area (Å²) >= 11 is 5.68. The highest BCUT2D eigenvalue weighted by molar-refractivity contribution is 7.89. The minimum Gasteiger partial charge on any atom is -0.207 e. The Hall–Kier alpha value is -0.580. The molecule has 5 heteroatoms. The van der Waals surface area contributed by atoms with Crippen LogP contribution in [-0.2, 0) is 16.4 Å². The maximum absolute atomic E-state index is 12.6. The number of rotatable bonds is 7. The second kappa shape index (κ2) is 7.61. The van der Waals surface area contributed by atoms with Crippen molar-refractivity contribution in [2.75, 3.05) is 19.5 Å². The molecule has 1 aromatic rings. The van der Waals surface area contributed by atoms with Gasteiger partial charge in [-0.25, -0.2) is 12.7 Å². The first-order valence-electron chi connectivity index (χ1n) is 7.65. The van der Waals surface area contributed by atoms with Gasteiger partial charge in [0.2, 0.25) is 10.0 Å². The van der Waals surface area contributed by atoms with E-state index in [0.29, 0.717) is 23.2 Å². The predicted molar refractivity (Wildman–Crippen MR) is 87.3 cm³/mol. The summed E-state index contributed by atoms with van der Waals surface area (Å²) in [4.78, 5) is 0.387. The SMILES string of the molecule is CN(CC1CCCC1)S(=O)(=O)c1ccc(CCCCl)cc1. The van der Waals surface area contributed by atoms with Gasteiger partial charge in [0.05, 0.1) is 4.90 Å². The van der Waals surface area contributed by atoms with Crippen LogP contribution < -0.4 is 0 Å². The Balaban J connectivity index is 2.03. The Morgan fingerprint density at radius 1 is 1.19 bits per heavy atom. The van der Waals surface area contributed by atoms with Crippen LogP contribution in [0.2, 0.25) is 0 Å². The van der Waals surface area contributed by atoms with Crippen molar-refractivity contribution in [3.05, 3.63) is 29.8 Å². The van der Waals surface area contributed by atoms with Crippen LogP contribution in [0.1, 0.15) is 37.7 Å². The molecule has 1 aliphatic rings. The summed E-state index contributed by atoms with van der Waals surface area (Å²) in [7, 11) is -1.67. The van der Waals surface area contributed by atoms with Gasteiger partial charge in [0, 0.05) is 19.5 Å². The van der Waals surface area contributed by atoms with Crippen molar-refractivity contribution in [3.8, 4) is 0 Å². The zero-order valence-electron chi connectivity index (χ0n) is 12.6. The van der Waals surface area contributed by atoms with Gasteiger partial charge in [0.15, 0.2) is 0 Å². The van der Waals surface area contributed by atoms with Gasteiger partial charge >= 0.3 is 0 Å². The Kier molecular flexibility index (Phi) is 6.08. The molecular weight excluding hydrogens is 306 g/mol. The zero-order valence-corrected chi connectivity index (χ0v) is 14.2. The number of benzene rings is 1. The maximum Gasteiger partial charge on any atom is 0.242 e. The van der Waals surface area contributed by atoms with Crippen LogP contribution >= 0.6 is 11.6 Å². The summed E-state index contributed by atoms with van der Waals surface area (Å²) in [5.41, 5.74) is 1.13. The highest BCUT2D eigenvalue weighted by Gasteiger charge is 2.25. The van der Waals surface area contributed by atoms with Crippen molar-refractivity contribution in [2.24, 2.45) is 5.92 Å². The zero-order chi connectivity index (χ0) is 15.3. The smallest absolute Gasteiger partial charge is 0.207 e. The molecule has 0 amide bonds. The van der Waals surface area contributed by atoms with Crippen molar-refractivity contribution < 1.29 is 8.42 Å². The second-order valence-electron chi connectivity index (χ2n) is 5.87. The lowest BCUT2D eigenvalue weighted by Gasteiger charge is -2.20. The van der Waals surface area contributed by atoms with Crippen molar-refractivity contribution in [3.63, 3.8) is 0 Å². The highest BCUT2D eigenvalue weighted by Crippen LogP contribution is 2.27.